The molecule has 0 spiro atoms. The molecule has 0 saturated carbocycles. The largest absolute Gasteiger partial charge is 1.00 e. The quantitative estimate of drug-likeness (QED) is 0.298. The first-order valence-electron chi connectivity index (χ1n) is 2.92. The highest BCUT2D eigenvalue weighted by Crippen LogP contribution is 1.95. The lowest BCUT2D eigenvalue weighted by molar-refractivity contribution is -0.00000468. The Bertz CT molecular complexity index is 214. The number of halogens is 1. The van der Waals surface area contributed by atoms with Crippen LogP contribution in [0.4, 0.5) is 5.69 Å². The summed E-state index contributed by atoms with van der Waals surface area (Å²) in [7, 11) is -1.40. The van der Waals surface area contributed by atoms with Crippen LogP contribution in [0.2, 0.25) is 0 Å². The van der Waals surface area contributed by atoms with Crippen molar-refractivity contribution >= 4 is 18.3 Å². The summed E-state index contributed by atoms with van der Waals surface area (Å²) in [6.07, 6.45) is 0. The van der Waals surface area contributed by atoms with Gasteiger partial charge in [-0.2, -0.15) is 0 Å². The molecule has 1 rings (SSSR count). The van der Waals surface area contributed by atoms with Crippen LogP contribution in [0.25, 0.3) is 0 Å². The van der Waals surface area contributed by atoms with Gasteiger partial charge in [0.1, 0.15) is 0 Å². The zero-order chi connectivity index (χ0) is 7.56. The number of rotatable bonds is 1. The van der Waals surface area contributed by atoms with Crippen molar-refractivity contribution in [3.63, 3.8) is 0 Å². The standard InChI is InChI=1S/C6H8BNO2.ClH/c8-6-3-1-5(2-4-6)7(9)10;/h1-4,9-10H,8H2;1H/p-1. The molecular formula is C6H8BClNO2-. The monoisotopic (exact) mass is 172 g/mol. The van der Waals surface area contributed by atoms with E-state index in [2.05, 4.69) is 0 Å². The molecule has 0 aliphatic rings. The maximum Gasteiger partial charge on any atom is 0.488 e. The number of hydrogen-bond donors (Lipinski definition) is 3. The van der Waals surface area contributed by atoms with Gasteiger partial charge in [0.05, 0.1) is 0 Å². The SMILES string of the molecule is Nc1ccc(B(O)O)cc1.[Cl-]. The van der Waals surface area contributed by atoms with Crippen molar-refractivity contribution < 1.29 is 22.5 Å². The van der Waals surface area contributed by atoms with Crippen LogP contribution in [0.15, 0.2) is 24.3 Å². The maximum atomic E-state index is 8.63. The molecule has 0 amide bonds. The molecule has 0 radical (unpaired) electrons. The second-order valence-corrected chi connectivity index (χ2v) is 2.04. The molecule has 0 saturated heterocycles. The van der Waals surface area contributed by atoms with Gasteiger partial charge >= 0.3 is 7.12 Å². The molecule has 11 heavy (non-hydrogen) atoms. The molecular weight excluding hydrogens is 164 g/mol. The van der Waals surface area contributed by atoms with Crippen molar-refractivity contribution in [2.45, 2.75) is 0 Å². The van der Waals surface area contributed by atoms with E-state index in [1.807, 2.05) is 0 Å². The van der Waals surface area contributed by atoms with E-state index in [9.17, 15) is 0 Å². The first-order valence-corrected chi connectivity index (χ1v) is 2.92. The molecule has 0 aromatic heterocycles. The summed E-state index contributed by atoms with van der Waals surface area (Å²) in [4.78, 5) is 0. The third-order valence-electron chi connectivity index (χ3n) is 1.23. The van der Waals surface area contributed by atoms with E-state index in [0.29, 0.717) is 11.2 Å². The third kappa shape index (κ3) is 2.80. The van der Waals surface area contributed by atoms with Gasteiger partial charge in [0, 0.05) is 5.69 Å². The Labute approximate surface area is 71.4 Å². The van der Waals surface area contributed by atoms with Crippen molar-refractivity contribution in [3.05, 3.63) is 24.3 Å². The van der Waals surface area contributed by atoms with Crippen LogP contribution in [0, 0.1) is 0 Å². The molecule has 4 N–H and O–H groups in total. The number of nitrogen functional groups attached to an aromatic ring is 1. The van der Waals surface area contributed by atoms with Gasteiger partial charge in [0.25, 0.3) is 0 Å². The predicted octanol–water partition coefficient (Wildman–Crippen LogP) is -4.05. The summed E-state index contributed by atoms with van der Waals surface area (Å²) in [5.74, 6) is 0. The van der Waals surface area contributed by atoms with Gasteiger partial charge in [-0.15, -0.1) is 0 Å². The molecule has 0 heterocycles. The van der Waals surface area contributed by atoms with Gasteiger partial charge in [-0.1, -0.05) is 12.1 Å². The van der Waals surface area contributed by atoms with E-state index in [1.165, 1.54) is 0 Å². The average molecular weight is 172 g/mol. The Balaban J connectivity index is 0.000001000. The third-order valence-corrected chi connectivity index (χ3v) is 1.23. The lowest BCUT2D eigenvalue weighted by Crippen LogP contribution is -3.00. The number of hydrogen-bond acceptors (Lipinski definition) is 3. The van der Waals surface area contributed by atoms with Crippen LogP contribution in [0.5, 0.6) is 0 Å². The topological polar surface area (TPSA) is 66.5 Å². The fourth-order valence-corrected chi connectivity index (χ4v) is 0.668. The number of anilines is 1. The van der Waals surface area contributed by atoms with Gasteiger partial charge < -0.3 is 28.2 Å². The van der Waals surface area contributed by atoms with Crippen molar-refractivity contribution in [2.24, 2.45) is 0 Å². The number of nitrogens with two attached hydrogens (primary N) is 1. The predicted molar refractivity (Wildman–Crippen MR) is 40.7 cm³/mol. The molecule has 0 aliphatic carbocycles. The van der Waals surface area contributed by atoms with E-state index in [0.717, 1.165) is 0 Å². The number of benzene rings is 1. The first-order chi connectivity index (χ1) is 4.70. The van der Waals surface area contributed by atoms with Crippen molar-refractivity contribution in [1.29, 1.82) is 0 Å². The fraction of sp³-hybridized carbons (Fsp3) is 0. The van der Waals surface area contributed by atoms with Gasteiger partial charge in [-0.25, -0.2) is 0 Å². The van der Waals surface area contributed by atoms with Crippen LogP contribution in [0.1, 0.15) is 0 Å². The molecule has 1 aromatic rings. The summed E-state index contributed by atoms with van der Waals surface area (Å²) in [6.45, 7) is 0. The lowest BCUT2D eigenvalue weighted by atomic mass is 9.80. The minimum Gasteiger partial charge on any atom is -1.00 e. The van der Waals surface area contributed by atoms with Gasteiger partial charge in [-0.3, -0.25) is 0 Å². The maximum absolute atomic E-state index is 8.63. The van der Waals surface area contributed by atoms with E-state index >= 15 is 0 Å². The highest BCUT2D eigenvalue weighted by Gasteiger charge is 2.08. The molecule has 1 aromatic carbocycles. The van der Waals surface area contributed by atoms with Gasteiger partial charge in [0.2, 0.25) is 0 Å². The highest BCUT2D eigenvalue weighted by molar-refractivity contribution is 6.58. The van der Waals surface area contributed by atoms with E-state index in [1.54, 1.807) is 24.3 Å². The van der Waals surface area contributed by atoms with Crippen molar-refractivity contribution in [1.82, 2.24) is 0 Å². The van der Waals surface area contributed by atoms with Crippen LogP contribution >= 0.6 is 0 Å². The van der Waals surface area contributed by atoms with Crippen molar-refractivity contribution in [2.75, 3.05) is 5.73 Å². The van der Waals surface area contributed by atoms with Crippen LogP contribution in [-0.2, 0) is 0 Å². The second-order valence-electron chi connectivity index (χ2n) is 2.04. The average Bonchev–Trinajstić information content (AvgIpc) is 1.88. The highest BCUT2D eigenvalue weighted by atomic mass is 35.5. The molecule has 0 fully saturated rings. The summed E-state index contributed by atoms with van der Waals surface area (Å²) < 4.78 is 0. The summed E-state index contributed by atoms with van der Waals surface area (Å²) in [6, 6.07) is 6.38. The summed E-state index contributed by atoms with van der Waals surface area (Å²) in [5.41, 5.74) is 6.43. The second kappa shape index (κ2) is 4.23. The molecule has 60 valence electrons. The van der Waals surface area contributed by atoms with Crippen LogP contribution < -0.4 is 23.6 Å². The van der Waals surface area contributed by atoms with Gasteiger partial charge in [-0.05, 0) is 17.6 Å². The molecule has 0 bridgehead atoms. The minimum absolute atomic E-state index is 0. The van der Waals surface area contributed by atoms with E-state index in [4.69, 9.17) is 15.8 Å². The lowest BCUT2D eigenvalue weighted by Gasteiger charge is -1.97. The van der Waals surface area contributed by atoms with Crippen molar-refractivity contribution in [3.8, 4) is 0 Å². The molecule has 3 nitrogen and oxygen atoms in total. The molecule has 0 unspecified atom stereocenters. The zero-order valence-electron chi connectivity index (χ0n) is 5.74. The molecule has 0 atom stereocenters. The Morgan fingerprint density at radius 3 is 1.91 bits per heavy atom. The smallest absolute Gasteiger partial charge is 0.488 e. The Kier molecular flexibility index (Phi) is 3.96. The first kappa shape index (κ1) is 10.3. The zero-order valence-corrected chi connectivity index (χ0v) is 6.49. The molecule has 5 heteroatoms. The minimum atomic E-state index is -1.40. The Morgan fingerprint density at radius 1 is 1.09 bits per heavy atom. The van der Waals surface area contributed by atoms with E-state index < -0.39 is 7.12 Å². The summed E-state index contributed by atoms with van der Waals surface area (Å²) in [5, 5.41) is 17.3. The van der Waals surface area contributed by atoms with Crippen LogP contribution in [-0.4, -0.2) is 17.2 Å². The summed E-state index contributed by atoms with van der Waals surface area (Å²) >= 11 is 0. The van der Waals surface area contributed by atoms with E-state index in [-0.39, 0.29) is 12.4 Å². The Hall–Kier alpha value is -0.705. The van der Waals surface area contributed by atoms with Gasteiger partial charge in [0.15, 0.2) is 0 Å². The van der Waals surface area contributed by atoms with Crippen LogP contribution in [0.3, 0.4) is 0 Å². The fourth-order valence-electron chi connectivity index (χ4n) is 0.668. The normalized spacial score (nSPS) is 8.55. The molecule has 0 aliphatic heterocycles. The Morgan fingerprint density at radius 2 is 1.55 bits per heavy atom.